The second-order valence-corrected chi connectivity index (χ2v) is 2.14. The number of ketones is 1. The molecule has 0 radical (unpaired) electrons. The van der Waals surface area contributed by atoms with E-state index >= 15 is 0 Å². The molecule has 0 amide bonds. The van der Waals surface area contributed by atoms with Crippen molar-refractivity contribution in [3.05, 3.63) is 12.2 Å². The molecule has 0 aliphatic rings. The van der Waals surface area contributed by atoms with Crippen molar-refractivity contribution in [3.8, 4) is 0 Å². The van der Waals surface area contributed by atoms with Crippen LogP contribution in [-0.2, 0) is 14.3 Å². The van der Waals surface area contributed by atoms with Crippen LogP contribution in [0, 0.1) is 0 Å². The molecule has 0 aromatic carbocycles. The van der Waals surface area contributed by atoms with Gasteiger partial charge in [0.15, 0.2) is 5.78 Å². The molecule has 0 aliphatic carbocycles. The molecule has 0 spiro atoms. The Labute approximate surface area is 66.0 Å². The van der Waals surface area contributed by atoms with Gasteiger partial charge in [0.05, 0.1) is 12.7 Å². The van der Waals surface area contributed by atoms with Crippen LogP contribution in [0.4, 0.5) is 0 Å². The van der Waals surface area contributed by atoms with Crippen LogP contribution < -0.4 is 0 Å². The lowest BCUT2D eigenvalue weighted by Gasteiger charge is -1.99. The van der Waals surface area contributed by atoms with E-state index < -0.39 is 5.97 Å². The number of Topliss-reactive ketones (excluding diaryl/α,β-unsaturated/α-hetero) is 1. The number of hydrogen-bond donors (Lipinski definition) is 0. The normalized spacial score (nSPS) is 8.91. The van der Waals surface area contributed by atoms with Crippen LogP contribution in [-0.4, -0.2) is 18.9 Å². The van der Waals surface area contributed by atoms with E-state index in [4.69, 9.17) is 0 Å². The summed E-state index contributed by atoms with van der Waals surface area (Å²) in [7, 11) is 1.23. The fraction of sp³-hybridized carbons (Fsp3) is 0.500. The molecule has 0 N–H and O–H groups in total. The average molecular weight is 156 g/mol. The molecule has 0 saturated carbocycles. The quantitative estimate of drug-likeness (QED) is 0.265. The van der Waals surface area contributed by atoms with Gasteiger partial charge in [0, 0.05) is 6.42 Å². The molecule has 3 nitrogen and oxygen atoms in total. The Morgan fingerprint density at radius 1 is 1.45 bits per heavy atom. The molecule has 0 aliphatic heterocycles. The highest BCUT2D eigenvalue weighted by molar-refractivity contribution is 6.16. The van der Waals surface area contributed by atoms with Crippen LogP contribution in [0.1, 0.15) is 19.8 Å². The molecular weight excluding hydrogens is 144 g/mol. The van der Waals surface area contributed by atoms with Crippen molar-refractivity contribution in [2.75, 3.05) is 7.11 Å². The zero-order valence-electron chi connectivity index (χ0n) is 6.85. The van der Waals surface area contributed by atoms with Gasteiger partial charge in [0.2, 0.25) is 0 Å². The van der Waals surface area contributed by atoms with Crippen molar-refractivity contribution in [1.29, 1.82) is 0 Å². The van der Waals surface area contributed by atoms with Crippen molar-refractivity contribution >= 4 is 11.8 Å². The van der Waals surface area contributed by atoms with E-state index in [0.717, 1.165) is 6.42 Å². The standard InChI is InChI=1S/C8H12O3/c1-4-5-7(9)6(2)8(10)11-3/h2,4-5H2,1,3H3. The zero-order valence-corrected chi connectivity index (χ0v) is 6.85. The van der Waals surface area contributed by atoms with Crippen molar-refractivity contribution < 1.29 is 14.3 Å². The SMILES string of the molecule is C=C(C(=O)CCC)C(=O)OC. The van der Waals surface area contributed by atoms with Gasteiger partial charge in [0.25, 0.3) is 0 Å². The molecule has 0 saturated heterocycles. The van der Waals surface area contributed by atoms with E-state index in [-0.39, 0.29) is 11.4 Å². The maximum absolute atomic E-state index is 10.9. The highest BCUT2D eigenvalue weighted by Gasteiger charge is 2.14. The highest BCUT2D eigenvalue weighted by atomic mass is 16.5. The Morgan fingerprint density at radius 2 is 2.00 bits per heavy atom. The number of ether oxygens (including phenoxy) is 1. The van der Waals surface area contributed by atoms with Crippen LogP contribution >= 0.6 is 0 Å². The minimum atomic E-state index is -0.636. The van der Waals surface area contributed by atoms with Crippen molar-refractivity contribution in [3.63, 3.8) is 0 Å². The highest BCUT2D eigenvalue weighted by Crippen LogP contribution is 2.01. The number of hydrogen-bond acceptors (Lipinski definition) is 3. The summed E-state index contributed by atoms with van der Waals surface area (Å²) in [5.74, 6) is -0.872. The predicted octanol–water partition coefficient (Wildman–Crippen LogP) is 1.08. The molecule has 0 aromatic heterocycles. The lowest BCUT2D eigenvalue weighted by molar-refractivity contribution is -0.137. The van der Waals surface area contributed by atoms with Crippen molar-refractivity contribution in [1.82, 2.24) is 0 Å². The summed E-state index contributed by atoms with van der Waals surface area (Å²) in [6.45, 7) is 5.18. The van der Waals surface area contributed by atoms with Crippen molar-refractivity contribution in [2.45, 2.75) is 19.8 Å². The third-order valence-corrected chi connectivity index (χ3v) is 1.25. The second-order valence-electron chi connectivity index (χ2n) is 2.14. The summed E-state index contributed by atoms with van der Waals surface area (Å²) in [5.41, 5.74) is -0.0608. The molecule has 0 rings (SSSR count). The first-order valence-electron chi connectivity index (χ1n) is 3.43. The lowest BCUT2D eigenvalue weighted by atomic mass is 10.1. The summed E-state index contributed by atoms with van der Waals surface area (Å²) in [5, 5.41) is 0. The van der Waals surface area contributed by atoms with Gasteiger partial charge in [0.1, 0.15) is 0 Å². The van der Waals surface area contributed by atoms with Crippen LogP contribution in [0.3, 0.4) is 0 Å². The minimum absolute atomic E-state index is 0.0608. The third kappa shape index (κ3) is 2.98. The second kappa shape index (κ2) is 4.66. The van der Waals surface area contributed by atoms with Gasteiger partial charge in [-0.3, -0.25) is 4.79 Å². The van der Waals surface area contributed by atoms with E-state index in [1.165, 1.54) is 7.11 Å². The minimum Gasteiger partial charge on any atom is -0.465 e. The number of carbonyl (C=O) groups is 2. The molecule has 0 heterocycles. The first-order valence-corrected chi connectivity index (χ1v) is 3.43. The fourth-order valence-electron chi connectivity index (χ4n) is 0.615. The Morgan fingerprint density at radius 3 is 2.36 bits per heavy atom. The van der Waals surface area contributed by atoms with Gasteiger partial charge in [-0.15, -0.1) is 0 Å². The van der Waals surface area contributed by atoms with Crippen LogP contribution in [0.5, 0.6) is 0 Å². The Bertz CT molecular complexity index is 182. The first-order chi connectivity index (χ1) is 5.13. The van der Waals surface area contributed by atoms with E-state index in [9.17, 15) is 9.59 Å². The topological polar surface area (TPSA) is 43.4 Å². The summed E-state index contributed by atoms with van der Waals surface area (Å²) < 4.78 is 4.32. The van der Waals surface area contributed by atoms with Gasteiger partial charge in [-0.05, 0) is 6.42 Å². The number of carbonyl (C=O) groups excluding carboxylic acids is 2. The smallest absolute Gasteiger partial charge is 0.340 e. The molecule has 0 atom stereocenters. The largest absolute Gasteiger partial charge is 0.465 e. The Kier molecular flexibility index (Phi) is 4.18. The lowest BCUT2D eigenvalue weighted by Crippen LogP contribution is -2.12. The number of methoxy groups -OCH3 is 1. The van der Waals surface area contributed by atoms with Gasteiger partial charge in [-0.25, -0.2) is 4.79 Å². The molecule has 0 fully saturated rings. The number of esters is 1. The maximum Gasteiger partial charge on any atom is 0.340 e. The summed E-state index contributed by atoms with van der Waals surface area (Å²) in [4.78, 5) is 21.6. The van der Waals surface area contributed by atoms with Gasteiger partial charge in [-0.1, -0.05) is 13.5 Å². The molecular formula is C8H12O3. The molecule has 0 aromatic rings. The summed E-state index contributed by atoms with van der Waals surface area (Å²) in [6, 6.07) is 0. The third-order valence-electron chi connectivity index (χ3n) is 1.25. The molecule has 0 unspecified atom stereocenters. The van der Waals surface area contributed by atoms with Gasteiger partial charge < -0.3 is 4.74 Å². The van der Waals surface area contributed by atoms with E-state index in [1.807, 2.05) is 6.92 Å². The van der Waals surface area contributed by atoms with Crippen molar-refractivity contribution in [2.24, 2.45) is 0 Å². The Balaban J connectivity index is 4.03. The monoisotopic (exact) mass is 156 g/mol. The average Bonchev–Trinajstić information content (AvgIpc) is 2.02. The van der Waals surface area contributed by atoms with Crippen LogP contribution in [0.25, 0.3) is 0 Å². The number of rotatable bonds is 4. The molecule has 11 heavy (non-hydrogen) atoms. The molecule has 3 heteroatoms. The van der Waals surface area contributed by atoms with E-state index in [1.54, 1.807) is 0 Å². The van der Waals surface area contributed by atoms with Gasteiger partial charge >= 0.3 is 5.97 Å². The van der Waals surface area contributed by atoms with Gasteiger partial charge in [-0.2, -0.15) is 0 Å². The van der Waals surface area contributed by atoms with Crippen LogP contribution in [0.2, 0.25) is 0 Å². The maximum atomic E-state index is 10.9. The predicted molar refractivity (Wildman–Crippen MR) is 41.1 cm³/mol. The first kappa shape index (κ1) is 9.88. The fourth-order valence-corrected chi connectivity index (χ4v) is 0.615. The zero-order chi connectivity index (χ0) is 8.85. The molecule has 0 bridgehead atoms. The summed E-state index contributed by atoms with van der Waals surface area (Å²) >= 11 is 0. The Hall–Kier alpha value is -1.12. The summed E-state index contributed by atoms with van der Waals surface area (Å²) in [6.07, 6.45) is 1.07. The van der Waals surface area contributed by atoms with E-state index in [0.29, 0.717) is 6.42 Å². The molecule has 62 valence electrons. The van der Waals surface area contributed by atoms with Crippen LogP contribution in [0.15, 0.2) is 12.2 Å². The van der Waals surface area contributed by atoms with E-state index in [2.05, 4.69) is 11.3 Å².